The third kappa shape index (κ3) is 4.69. The molecule has 2 amide bonds. The van der Waals surface area contributed by atoms with Crippen LogP contribution in [-0.2, 0) is 14.3 Å². The van der Waals surface area contributed by atoms with Gasteiger partial charge in [-0.05, 0) is 29.0 Å². The van der Waals surface area contributed by atoms with Crippen LogP contribution < -0.4 is 15.5 Å². The molecular weight excluding hydrogens is 543 g/mol. The highest BCUT2D eigenvalue weighted by Crippen LogP contribution is 2.46. The fraction of sp³-hybridized carbons (Fsp3) is 0.323. The summed E-state index contributed by atoms with van der Waals surface area (Å²) in [6, 6.07) is 12.5. The van der Waals surface area contributed by atoms with Crippen molar-refractivity contribution in [2.75, 3.05) is 64.5 Å². The van der Waals surface area contributed by atoms with Gasteiger partial charge in [-0.1, -0.05) is 24.3 Å². The van der Waals surface area contributed by atoms with Crippen LogP contribution in [-0.4, -0.2) is 85.3 Å². The SMILES string of the molecule is O=C(CCN1CCOCC1)Nc1c(F)cc2c(=O)c(C(=O)N3CCOCC3)cn3c2c1Oc1cc2ccccc2cc1-3. The van der Waals surface area contributed by atoms with Crippen LogP contribution in [0.15, 0.2) is 53.5 Å². The fourth-order valence-corrected chi connectivity index (χ4v) is 5.79. The van der Waals surface area contributed by atoms with Crippen LogP contribution in [0, 0.1) is 5.82 Å². The van der Waals surface area contributed by atoms with Crippen molar-refractivity contribution >= 4 is 39.2 Å². The lowest BCUT2D eigenvalue weighted by atomic mass is 10.0. The van der Waals surface area contributed by atoms with Crippen LogP contribution in [0.5, 0.6) is 11.5 Å². The highest BCUT2D eigenvalue weighted by molar-refractivity contribution is 6.04. The molecule has 3 aromatic carbocycles. The summed E-state index contributed by atoms with van der Waals surface area (Å²) < 4.78 is 34.5. The number of nitrogens with zero attached hydrogens (tertiary/aromatic N) is 3. The van der Waals surface area contributed by atoms with Gasteiger partial charge in [-0.2, -0.15) is 0 Å². The van der Waals surface area contributed by atoms with Crippen LogP contribution in [0.2, 0.25) is 0 Å². The van der Waals surface area contributed by atoms with Crippen LogP contribution in [0.25, 0.3) is 27.4 Å². The average molecular weight is 573 g/mol. The molecule has 1 N–H and O–H groups in total. The first-order valence-electron chi connectivity index (χ1n) is 14.1. The molecule has 11 heteroatoms. The van der Waals surface area contributed by atoms with Crippen molar-refractivity contribution in [3.8, 4) is 17.2 Å². The number of benzene rings is 3. The molecule has 2 fully saturated rings. The molecule has 216 valence electrons. The summed E-state index contributed by atoms with van der Waals surface area (Å²) in [5, 5.41) is 4.51. The molecule has 7 rings (SSSR count). The fourth-order valence-electron chi connectivity index (χ4n) is 5.79. The molecule has 3 aliphatic heterocycles. The second kappa shape index (κ2) is 10.8. The van der Waals surface area contributed by atoms with Gasteiger partial charge in [0.25, 0.3) is 5.91 Å². The van der Waals surface area contributed by atoms with Crippen molar-refractivity contribution in [2.24, 2.45) is 0 Å². The first kappa shape index (κ1) is 26.6. The predicted octanol–water partition coefficient (Wildman–Crippen LogP) is 3.52. The monoisotopic (exact) mass is 572 g/mol. The van der Waals surface area contributed by atoms with E-state index >= 15 is 4.39 Å². The van der Waals surface area contributed by atoms with Crippen LogP contribution in [0.4, 0.5) is 10.1 Å². The number of hydrogen-bond acceptors (Lipinski definition) is 7. The molecule has 1 aromatic heterocycles. The lowest BCUT2D eigenvalue weighted by Gasteiger charge is -2.29. The molecule has 2 saturated heterocycles. The van der Waals surface area contributed by atoms with Crippen LogP contribution in [0.1, 0.15) is 16.8 Å². The minimum Gasteiger partial charge on any atom is -0.451 e. The minimum atomic E-state index is -0.818. The molecular formula is C31H29FN4O6. The van der Waals surface area contributed by atoms with E-state index in [-0.39, 0.29) is 40.2 Å². The summed E-state index contributed by atoms with van der Waals surface area (Å²) in [5.74, 6) is -1.21. The smallest absolute Gasteiger partial charge is 0.259 e. The van der Waals surface area contributed by atoms with E-state index in [1.807, 2.05) is 36.4 Å². The average Bonchev–Trinajstić information content (AvgIpc) is 3.02. The summed E-state index contributed by atoms with van der Waals surface area (Å²) in [6.07, 6.45) is 1.65. The second-order valence-corrected chi connectivity index (χ2v) is 10.6. The normalized spacial score (nSPS) is 16.7. The largest absolute Gasteiger partial charge is 0.451 e. The Bertz CT molecular complexity index is 1790. The Morgan fingerprint density at radius 1 is 0.929 bits per heavy atom. The molecule has 0 unspecified atom stereocenters. The van der Waals surface area contributed by atoms with E-state index in [1.54, 1.807) is 9.47 Å². The molecule has 0 saturated carbocycles. The summed E-state index contributed by atoms with van der Waals surface area (Å²) in [5.41, 5.74) is 0.0623. The Morgan fingerprint density at radius 2 is 1.62 bits per heavy atom. The maximum atomic E-state index is 15.8. The van der Waals surface area contributed by atoms with Crippen molar-refractivity contribution < 1.29 is 28.2 Å². The standard InChI is InChI=1S/C31H29FN4O6/c32-23-17-21-28-30(27(23)33-26(37)5-6-34-7-11-40-12-8-34)42-25-16-20-4-2-1-3-19(20)15-24(25)36(28)18-22(29(21)38)31(39)35-9-13-41-14-10-35/h1-4,15-18H,5-14H2,(H,33,37). The number of hydrogen-bond donors (Lipinski definition) is 1. The number of pyridine rings is 1. The van der Waals surface area contributed by atoms with E-state index in [1.165, 1.54) is 6.20 Å². The Morgan fingerprint density at radius 3 is 2.36 bits per heavy atom. The quantitative estimate of drug-likeness (QED) is 0.344. The number of amides is 2. The summed E-state index contributed by atoms with van der Waals surface area (Å²) in [6.45, 7) is 4.66. The number of ether oxygens (including phenoxy) is 3. The summed E-state index contributed by atoms with van der Waals surface area (Å²) in [7, 11) is 0. The number of rotatable bonds is 5. The van der Waals surface area contributed by atoms with E-state index in [9.17, 15) is 14.4 Å². The van der Waals surface area contributed by atoms with Gasteiger partial charge < -0.3 is 29.0 Å². The van der Waals surface area contributed by atoms with Crippen LogP contribution >= 0.6 is 0 Å². The zero-order valence-electron chi connectivity index (χ0n) is 22.9. The molecule has 0 atom stereocenters. The molecule has 0 bridgehead atoms. The van der Waals surface area contributed by atoms with Gasteiger partial charge in [-0.3, -0.25) is 19.3 Å². The maximum Gasteiger partial charge on any atom is 0.259 e. The molecule has 4 heterocycles. The third-order valence-electron chi connectivity index (χ3n) is 8.05. The van der Waals surface area contributed by atoms with E-state index in [2.05, 4.69) is 10.2 Å². The van der Waals surface area contributed by atoms with Crippen molar-refractivity contribution in [1.29, 1.82) is 0 Å². The van der Waals surface area contributed by atoms with Crippen LogP contribution in [0.3, 0.4) is 0 Å². The van der Waals surface area contributed by atoms with E-state index in [0.29, 0.717) is 57.5 Å². The topological polar surface area (TPSA) is 102 Å². The number of anilines is 1. The van der Waals surface area contributed by atoms with E-state index < -0.39 is 17.2 Å². The highest BCUT2D eigenvalue weighted by Gasteiger charge is 2.31. The number of morpholine rings is 2. The van der Waals surface area contributed by atoms with Crippen molar-refractivity contribution in [3.05, 3.63) is 70.3 Å². The zero-order chi connectivity index (χ0) is 28.8. The van der Waals surface area contributed by atoms with E-state index in [0.717, 1.165) is 29.9 Å². The van der Waals surface area contributed by atoms with Crippen molar-refractivity contribution in [2.45, 2.75) is 6.42 Å². The number of carbonyl (C=O) groups is 2. The first-order valence-corrected chi connectivity index (χ1v) is 14.1. The molecule has 42 heavy (non-hydrogen) atoms. The molecule has 10 nitrogen and oxygen atoms in total. The number of carbonyl (C=O) groups excluding carboxylic acids is 2. The Hall–Kier alpha value is -4.32. The lowest BCUT2D eigenvalue weighted by Crippen LogP contribution is -2.42. The predicted molar refractivity (Wildman–Crippen MR) is 154 cm³/mol. The maximum absolute atomic E-state index is 15.8. The van der Waals surface area contributed by atoms with Gasteiger partial charge in [0, 0.05) is 45.3 Å². The Kier molecular flexibility index (Phi) is 6.85. The van der Waals surface area contributed by atoms with Gasteiger partial charge in [0.15, 0.2) is 17.3 Å². The number of aromatic nitrogens is 1. The number of nitrogens with one attached hydrogen (secondary N) is 1. The highest BCUT2D eigenvalue weighted by atomic mass is 19.1. The minimum absolute atomic E-state index is 0.00765. The molecule has 3 aliphatic rings. The van der Waals surface area contributed by atoms with Gasteiger partial charge in [0.1, 0.15) is 16.8 Å². The molecule has 0 aliphatic carbocycles. The van der Waals surface area contributed by atoms with Gasteiger partial charge >= 0.3 is 0 Å². The second-order valence-electron chi connectivity index (χ2n) is 10.6. The summed E-state index contributed by atoms with van der Waals surface area (Å²) in [4.78, 5) is 43.9. The number of fused-ring (bicyclic) bond motifs is 3. The van der Waals surface area contributed by atoms with Crippen molar-refractivity contribution in [1.82, 2.24) is 14.4 Å². The Balaban J connectivity index is 1.35. The molecule has 0 spiro atoms. The Labute approximate surface area is 240 Å². The zero-order valence-corrected chi connectivity index (χ0v) is 22.9. The lowest BCUT2D eigenvalue weighted by molar-refractivity contribution is -0.116. The summed E-state index contributed by atoms with van der Waals surface area (Å²) >= 11 is 0. The molecule has 4 aromatic rings. The number of halogens is 1. The van der Waals surface area contributed by atoms with Crippen molar-refractivity contribution in [3.63, 3.8) is 0 Å². The molecule has 0 radical (unpaired) electrons. The van der Waals surface area contributed by atoms with Gasteiger partial charge in [0.2, 0.25) is 11.3 Å². The first-order chi connectivity index (χ1) is 20.5. The van der Waals surface area contributed by atoms with Gasteiger partial charge in [0.05, 0.1) is 37.5 Å². The van der Waals surface area contributed by atoms with Gasteiger partial charge in [-0.25, -0.2) is 4.39 Å². The third-order valence-corrected chi connectivity index (χ3v) is 8.05. The van der Waals surface area contributed by atoms with E-state index in [4.69, 9.17) is 14.2 Å². The van der Waals surface area contributed by atoms with Gasteiger partial charge in [-0.15, -0.1) is 0 Å².